The van der Waals surface area contributed by atoms with Gasteiger partial charge < -0.3 is 5.11 Å². The van der Waals surface area contributed by atoms with Crippen molar-refractivity contribution in [3.63, 3.8) is 0 Å². The maximum Gasteiger partial charge on any atom is 0.330 e. The highest BCUT2D eigenvalue weighted by molar-refractivity contribution is 5.85. The van der Waals surface area contributed by atoms with Crippen molar-refractivity contribution in [1.29, 1.82) is 0 Å². The van der Waals surface area contributed by atoms with Crippen LogP contribution < -0.4 is 0 Å². The van der Waals surface area contributed by atoms with Crippen LogP contribution in [-0.2, 0) is 4.79 Å². The average molecular weight is 168 g/mol. The SMILES string of the molecule is C=C[C@H](C)CCC=C(C)C(=O)O. The van der Waals surface area contributed by atoms with Gasteiger partial charge in [-0.25, -0.2) is 4.79 Å². The van der Waals surface area contributed by atoms with Crippen molar-refractivity contribution in [2.24, 2.45) is 5.92 Å². The molecule has 0 heterocycles. The molecule has 0 saturated heterocycles. The maximum atomic E-state index is 10.4. The van der Waals surface area contributed by atoms with Gasteiger partial charge in [-0.15, -0.1) is 6.58 Å². The number of carbonyl (C=O) groups is 1. The highest BCUT2D eigenvalue weighted by Gasteiger charge is 1.99. The molecular weight excluding hydrogens is 152 g/mol. The van der Waals surface area contributed by atoms with Crippen molar-refractivity contribution in [3.8, 4) is 0 Å². The largest absolute Gasteiger partial charge is 0.478 e. The summed E-state index contributed by atoms with van der Waals surface area (Å²) in [5, 5.41) is 8.52. The van der Waals surface area contributed by atoms with Gasteiger partial charge in [0.25, 0.3) is 0 Å². The summed E-state index contributed by atoms with van der Waals surface area (Å²) in [6.45, 7) is 7.33. The molecule has 0 bridgehead atoms. The first-order chi connectivity index (χ1) is 5.57. The Morgan fingerprint density at radius 3 is 2.67 bits per heavy atom. The molecule has 0 radical (unpaired) electrons. The maximum absolute atomic E-state index is 10.4. The van der Waals surface area contributed by atoms with Gasteiger partial charge in [0.15, 0.2) is 0 Å². The predicted molar refractivity (Wildman–Crippen MR) is 50.0 cm³/mol. The van der Waals surface area contributed by atoms with E-state index >= 15 is 0 Å². The van der Waals surface area contributed by atoms with E-state index in [4.69, 9.17) is 5.11 Å². The van der Waals surface area contributed by atoms with E-state index in [0.717, 1.165) is 12.8 Å². The van der Waals surface area contributed by atoms with Gasteiger partial charge in [0.05, 0.1) is 0 Å². The zero-order valence-corrected chi connectivity index (χ0v) is 7.71. The molecule has 0 aromatic heterocycles. The first-order valence-corrected chi connectivity index (χ1v) is 4.10. The first-order valence-electron chi connectivity index (χ1n) is 4.10. The smallest absolute Gasteiger partial charge is 0.330 e. The number of carboxylic acid groups (broad SMARTS) is 1. The Kier molecular flexibility index (Phi) is 5.09. The van der Waals surface area contributed by atoms with Gasteiger partial charge in [0.2, 0.25) is 0 Å². The van der Waals surface area contributed by atoms with Gasteiger partial charge in [-0.2, -0.15) is 0 Å². The molecule has 68 valence electrons. The first kappa shape index (κ1) is 11.0. The fraction of sp³-hybridized carbons (Fsp3) is 0.500. The number of hydrogen-bond acceptors (Lipinski definition) is 1. The molecule has 2 nitrogen and oxygen atoms in total. The summed E-state index contributed by atoms with van der Waals surface area (Å²) in [7, 11) is 0. The second-order valence-corrected chi connectivity index (χ2v) is 2.98. The number of hydrogen-bond donors (Lipinski definition) is 1. The zero-order chi connectivity index (χ0) is 9.56. The average Bonchev–Trinajstić information content (AvgIpc) is 2.03. The predicted octanol–water partition coefficient (Wildman–Crippen LogP) is 2.62. The van der Waals surface area contributed by atoms with Crippen LogP contribution in [0.5, 0.6) is 0 Å². The monoisotopic (exact) mass is 168 g/mol. The number of allylic oxidation sites excluding steroid dienone is 2. The highest BCUT2D eigenvalue weighted by atomic mass is 16.4. The second kappa shape index (κ2) is 5.58. The molecule has 12 heavy (non-hydrogen) atoms. The van der Waals surface area contributed by atoms with Gasteiger partial charge in [0.1, 0.15) is 0 Å². The van der Waals surface area contributed by atoms with E-state index in [-0.39, 0.29) is 0 Å². The van der Waals surface area contributed by atoms with Crippen molar-refractivity contribution < 1.29 is 9.90 Å². The minimum atomic E-state index is -0.832. The Balaban J connectivity index is 3.74. The van der Waals surface area contributed by atoms with Crippen LogP contribution >= 0.6 is 0 Å². The van der Waals surface area contributed by atoms with Gasteiger partial charge in [0, 0.05) is 5.57 Å². The van der Waals surface area contributed by atoms with Crippen LogP contribution in [0, 0.1) is 5.92 Å². The van der Waals surface area contributed by atoms with E-state index in [0.29, 0.717) is 11.5 Å². The fourth-order valence-electron chi connectivity index (χ4n) is 0.768. The Hall–Kier alpha value is -1.05. The zero-order valence-electron chi connectivity index (χ0n) is 7.71. The highest BCUT2D eigenvalue weighted by Crippen LogP contribution is 2.08. The molecule has 0 amide bonds. The van der Waals surface area contributed by atoms with Crippen molar-refractivity contribution in [2.75, 3.05) is 0 Å². The summed E-state index contributed by atoms with van der Waals surface area (Å²) < 4.78 is 0. The van der Waals surface area contributed by atoms with Crippen LogP contribution in [-0.4, -0.2) is 11.1 Å². The molecule has 0 saturated carbocycles. The van der Waals surface area contributed by atoms with E-state index in [1.165, 1.54) is 0 Å². The molecule has 0 aliphatic heterocycles. The summed E-state index contributed by atoms with van der Waals surface area (Å²) in [4.78, 5) is 10.4. The third-order valence-corrected chi connectivity index (χ3v) is 1.81. The van der Waals surface area contributed by atoms with Crippen molar-refractivity contribution in [2.45, 2.75) is 26.7 Å². The van der Waals surface area contributed by atoms with E-state index < -0.39 is 5.97 Å². The third kappa shape index (κ3) is 4.72. The van der Waals surface area contributed by atoms with Crippen LogP contribution in [0.2, 0.25) is 0 Å². The molecule has 0 aliphatic rings. The molecule has 0 fully saturated rings. The van der Waals surface area contributed by atoms with Crippen LogP contribution in [0.4, 0.5) is 0 Å². The molecule has 0 aromatic rings. The number of aliphatic carboxylic acids is 1. The molecule has 0 aromatic carbocycles. The van der Waals surface area contributed by atoms with Crippen molar-refractivity contribution in [1.82, 2.24) is 0 Å². The lowest BCUT2D eigenvalue weighted by Gasteiger charge is -2.01. The molecule has 0 unspecified atom stereocenters. The van der Waals surface area contributed by atoms with Gasteiger partial charge in [-0.1, -0.05) is 19.1 Å². The van der Waals surface area contributed by atoms with Gasteiger partial charge in [-0.3, -0.25) is 0 Å². The molecule has 1 atom stereocenters. The van der Waals surface area contributed by atoms with Crippen LogP contribution in [0.1, 0.15) is 26.7 Å². The number of rotatable bonds is 5. The lowest BCUT2D eigenvalue weighted by atomic mass is 10.1. The Morgan fingerprint density at radius 2 is 2.25 bits per heavy atom. The standard InChI is InChI=1S/C10H16O2/c1-4-8(2)6-5-7-9(3)10(11)12/h4,7-8H,1,5-6H2,2-3H3,(H,11,12)/t8-/m0/s1. The van der Waals surface area contributed by atoms with Crippen molar-refractivity contribution in [3.05, 3.63) is 24.3 Å². The molecule has 0 spiro atoms. The van der Waals surface area contributed by atoms with Crippen LogP contribution in [0.15, 0.2) is 24.3 Å². The summed E-state index contributed by atoms with van der Waals surface area (Å²) in [5.41, 5.74) is 0.422. The topological polar surface area (TPSA) is 37.3 Å². The summed E-state index contributed by atoms with van der Waals surface area (Å²) >= 11 is 0. The summed E-state index contributed by atoms with van der Waals surface area (Å²) in [6, 6.07) is 0. The Morgan fingerprint density at radius 1 is 1.67 bits per heavy atom. The summed E-state index contributed by atoms with van der Waals surface area (Å²) in [6.07, 6.45) is 5.41. The molecule has 0 rings (SSSR count). The lowest BCUT2D eigenvalue weighted by Crippen LogP contribution is -1.96. The minimum Gasteiger partial charge on any atom is -0.478 e. The van der Waals surface area contributed by atoms with Crippen molar-refractivity contribution >= 4 is 5.97 Å². The van der Waals surface area contributed by atoms with E-state index in [2.05, 4.69) is 13.5 Å². The van der Waals surface area contributed by atoms with Crippen LogP contribution in [0.3, 0.4) is 0 Å². The van der Waals surface area contributed by atoms with Crippen LogP contribution in [0.25, 0.3) is 0 Å². The second-order valence-electron chi connectivity index (χ2n) is 2.98. The third-order valence-electron chi connectivity index (χ3n) is 1.81. The fourth-order valence-corrected chi connectivity index (χ4v) is 0.768. The molecule has 0 aliphatic carbocycles. The van der Waals surface area contributed by atoms with E-state index in [1.54, 1.807) is 13.0 Å². The van der Waals surface area contributed by atoms with Gasteiger partial charge in [-0.05, 0) is 25.7 Å². The molecule has 2 heteroatoms. The van der Waals surface area contributed by atoms with E-state index in [9.17, 15) is 4.79 Å². The van der Waals surface area contributed by atoms with E-state index in [1.807, 2.05) is 6.08 Å². The quantitative estimate of drug-likeness (QED) is 0.506. The summed E-state index contributed by atoms with van der Waals surface area (Å²) in [5.74, 6) is -0.371. The Bertz CT molecular complexity index is 192. The molecule has 1 N–H and O–H groups in total. The lowest BCUT2D eigenvalue weighted by molar-refractivity contribution is -0.132. The minimum absolute atomic E-state index is 0.422. The van der Waals surface area contributed by atoms with Gasteiger partial charge >= 0.3 is 5.97 Å². The number of carboxylic acids is 1. The normalized spacial score (nSPS) is 14.0. The Labute approximate surface area is 73.6 Å². The molecular formula is C10H16O2.